The molecule has 0 atom stereocenters. The third-order valence-electron chi connectivity index (χ3n) is 5.08. The van der Waals surface area contributed by atoms with Gasteiger partial charge in [-0.3, -0.25) is 0 Å². The smallest absolute Gasteiger partial charge is 0.0703 e. The summed E-state index contributed by atoms with van der Waals surface area (Å²) in [6.45, 7) is 21.0. The first kappa shape index (κ1) is 42.5. The number of hydrogen-bond acceptors (Lipinski definition) is 13. The second-order valence-corrected chi connectivity index (χ2v) is 9.58. The van der Waals surface area contributed by atoms with Crippen LogP contribution >= 0.6 is 0 Å². The number of ether oxygens (including phenoxy) is 13. The molecule has 0 aliphatic rings. The van der Waals surface area contributed by atoms with E-state index < -0.39 is 0 Å². The zero-order valence-corrected chi connectivity index (χ0v) is 27.4. The third kappa shape index (κ3) is 41.5. The summed E-state index contributed by atoms with van der Waals surface area (Å²) in [7, 11) is 0. The topological polar surface area (TPSA) is 120 Å². The Labute approximate surface area is 260 Å². The van der Waals surface area contributed by atoms with Crippen LogP contribution in [-0.2, 0) is 61.6 Å². The molecular weight excluding hydrogens is 568 g/mol. The Balaban J connectivity index is 3.04. The summed E-state index contributed by atoms with van der Waals surface area (Å²) in [6, 6.07) is 0. The minimum absolute atomic E-state index is 0.232. The third-order valence-corrected chi connectivity index (χ3v) is 5.08. The Bertz CT molecular complexity index is 459. The highest BCUT2D eigenvalue weighted by Crippen LogP contribution is 1.90. The van der Waals surface area contributed by atoms with E-state index in [1.54, 1.807) is 0 Å². The largest absolute Gasteiger partial charge is 0.377 e. The van der Waals surface area contributed by atoms with Crippen molar-refractivity contribution in [1.82, 2.24) is 0 Å². The molecule has 0 heterocycles. The summed E-state index contributed by atoms with van der Waals surface area (Å²) in [4.78, 5) is 0. The van der Waals surface area contributed by atoms with E-state index in [-0.39, 0.29) is 12.2 Å². The molecule has 0 radical (unpaired) electrons. The highest BCUT2D eigenvalue weighted by Gasteiger charge is 1.97. The molecule has 0 amide bonds. The van der Waals surface area contributed by atoms with Crippen LogP contribution in [-0.4, -0.2) is 171 Å². The van der Waals surface area contributed by atoms with Crippen LogP contribution < -0.4 is 0 Å². The standard InChI is InChI=1S/C30H62O13/c1-29(2)42-27-25-40-23-21-38-19-17-36-15-13-34-11-9-32-7-5-31-6-8-33-10-12-35-14-16-37-18-20-39-22-24-41-26-28-43-30(3)4/h29-30H,5-28H2,1-4H3. The van der Waals surface area contributed by atoms with Crippen molar-refractivity contribution < 1.29 is 61.6 Å². The van der Waals surface area contributed by atoms with Crippen LogP contribution in [0.5, 0.6) is 0 Å². The van der Waals surface area contributed by atoms with Gasteiger partial charge >= 0.3 is 0 Å². The van der Waals surface area contributed by atoms with Crippen LogP contribution in [0.15, 0.2) is 0 Å². The lowest BCUT2D eigenvalue weighted by molar-refractivity contribution is -0.0304. The molecule has 0 aliphatic heterocycles. The van der Waals surface area contributed by atoms with E-state index in [2.05, 4.69) is 0 Å². The summed E-state index contributed by atoms with van der Waals surface area (Å²) in [5, 5.41) is 0. The SMILES string of the molecule is CC(C)OCCOCCOCCOCCOCCOCCOCCOCCOCCOCCOCCOCCOC(C)C. The van der Waals surface area contributed by atoms with Gasteiger partial charge in [-0.05, 0) is 27.7 Å². The molecule has 13 nitrogen and oxygen atoms in total. The van der Waals surface area contributed by atoms with Crippen LogP contribution in [0.25, 0.3) is 0 Å². The Kier molecular flexibility index (Phi) is 37.2. The van der Waals surface area contributed by atoms with Gasteiger partial charge in [-0.25, -0.2) is 0 Å². The van der Waals surface area contributed by atoms with Gasteiger partial charge in [0.1, 0.15) is 0 Å². The first-order chi connectivity index (χ1) is 21.1. The van der Waals surface area contributed by atoms with Crippen LogP contribution in [0, 0.1) is 0 Å². The predicted molar refractivity (Wildman–Crippen MR) is 161 cm³/mol. The van der Waals surface area contributed by atoms with Crippen molar-refractivity contribution >= 4 is 0 Å². The van der Waals surface area contributed by atoms with Crippen molar-refractivity contribution in [3.05, 3.63) is 0 Å². The highest BCUT2D eigenvalue weighted by molar-refractivity contribution is 4.41. The van der Waals surface area contributed by atoms with Gasteiger partial charge in [-0.15, -0.1) is 0 Å². The molecular formula is C30H62O13. The van der Waals surface area contributed by atoms with Gasteiger partial charge in [0.05, 0.1) is 171 Å². The van der Waals surface area contributed by atoms with E-state index in [1.165, 1.54) is 0 Å². The van der Waals surface area contributed by atoms with Gasteiger partial charge in [0.2, 0.25) is 0 Å². The van der Waals surface area contributed by atoms with E-state index in [9.17, 15) is 0 Å². The van der Waals surface area contributed by atoms with Crippen molar-refractivity contribution in [1.29, 1.82) is 0 Å². The van der Waals surface area contributed by atoms with E-state index in [0.29, 0.717) is 159 Å². The van der Waals surface area contributed by atoms with E-state index in [4.69, 9.17) is 61.6 Å². The Hall–Kier alpha value is -0.520. The maximum atomic E-state index is 5.48. The fraction of sp³-hybridized carbons (Fsp3) is 1.00. The quantitative estimate of drug-likeness (QED) is 0.0927. The van der Waals surface area contributed by atoms with Crippen molar-refractivity contribution in [2.45, 2.75) is 39.9 Å². The van der Waals surface area contributed by atoms with Crippen LogP contribution in [0.2, 0.25) is 0 Å². The fourth-order valence-electron chi connectivity index (χ4n) is 2.99. The average Bonchev–Trinajstić information content (AvgIpc) is 2.98. The maximum Gasteiger partial charge on any atom is 0.0703 e. The van der Waals surface area contributed by atoms with Crippen LogP contribution in [0.3, 0.4) is 0 Å². The van der Waals surface area contributed by atoms with Gasteiger partial charge in [0.15, 0.2) is 0 Å². The normalized spacial score (nSPS) is 11.9. The van der Waals surface area contributed by atoms with E-state index >= 15 is 0 Å². The lowest BCUT2D eigenvalue weighted by atomic mass is 10.5. The van der Waals surface area contributed by atoms with Gasteiger partial charge in [0.25, 0.3) is 0 Å². The van der Waals surface area contributed by atoms with Crippen LogP contribution in [0.4, 0.5) is 0 Å². The second-order valence-electron chi connectivity index (χ2n) is 9.58. The zero-order valence-electron chi connectivity index (χ0n) is 27.4. The Morgan fingerprint density at radius 2 is 0.326 bits per heavy atom. The molecule has 0 saturated carbocycles. The molecule has 0 rings (SSSR count). The minimum atomic E-state index is 0.232. The Morgan fingerprint density at radius 3 is 0.442 bits per heavy atom. The molecule has 0 aromatic carbocycles. The summed E-state index contributed by atoms with van der Waals surface area (Å²) >= 11 is 0. The number of hydrogen-bond donors (Lipinski definition) is 0. The van der Waals surface area contributed by atoms with Crippen molar-refractivity contribution in [3.8, 4) is 0 Å². The fourth-order valence-corrected chi connectivity index (χ4v) is 2.99. The molecule has 0 fully saturated rings. The molecule has 0 N–H and O–H groups in total. The van der Waals surface area contributed by atoms with Crippen LogP contribution in [0.1, 0.15) is 27.7 Å². The first-order valence-electron chi connectivity index (χ1n) is 15.7. The minimum Gasteiger partial charge on any atom is -0.377 e. The average molecular weight is 631 g/mol. The van der Waals surface area contributed by atoms with E-state index in [0.717, 1.165) is 0 Å². The van der Waals surface area contributed by atoms with Crippen molar-refractivity contribution in [2.75, 3.05) is 159 Å². The maximum absolute atomic E-state index is 5.48. The molecule has 0 saturated heterocycles. The van der Waals surface area contributed by atoms with Gasteiger partial charge in [-0.2, -0.15) is 0 Å². The molecule has 0 bridgehead atoms. The summed E-state index contributed by atoms with van der Waals surface area (Å²) in [6.07, 6.45) is 0.464. The molecule has 0 aromatic heterocycles. The number of rotatable bonds is 38. The molecule has 13 heteroatoms. The van der Waals surface area contributed by atoms with Gasteiger partial charge in [0, 0.05) is 0 Å². The highest BCUT2D eigenvalue weighted by atomic mass is 16.6. The molecule has 0 aliphatic carbocycles. The van der Waals surface area contributed by atoms with E-state index in [1.807, 2.05) is 27.7 Å². The lowest BCUT2D eigenvalue weighted by Gasteiger charge is -2.09. The molecule has 0 aromatic rings. The Morgan fingerprint density at radius 1 is 0.209 bits per heavy atom. The molecule has 0 unspecified atom stereocenters. The zero-order chi connectivity index (χ0) is 31.3. The molecule has 43 heavy (non-hydrogen) atoms. The summed E-state index contributed by atoms with van der Waals surface area (Å²) in [5.41, 5.74) is 0. The summed E-state index contributed by atoms with van der Waals surface area (Å²) < 4.78 is 70.7. The van der Waals surface area contributed by atoms with Gasteiger partial charge < -0.3 is 61.6 Å². The monoisotopic (exact) mass is 630 g/mol. The van der Waals surface area contributed by atoms with Crippen molar-refractivity contribution in [2.24, 2.45) is 0 Å². The second kappa shape index (κ2) is 37.7. The first-order valence-corrected chi connectivity index (χ1v) is 15.7. The predicted octanol–water partition coefficient (Wildman–Crippen LogP) is 2.02. The van der Waals surface area contributed by atoms with Crippen molar-refractivity contribution in [3.63, 3.8) is 0 Å². The molecule has 260 valence electrons. The lowest BCUT2D eigenvalue weighted by Crippen LogP contribution is -2.16. The van der Waals surface area contributed by atoms with Gasteiger partial charge in [-0.1, -0.05) is 0 Å². The summed E-state index contributed by atoms with van der Waals surface area (Å²) in [5.74, 6) is 0. The molecule has 0 spiro atoms.